The van der Waals surface area contributed by atoms with Gasteiger partial charge in [-0.2, -0.15) is 5.26 Å². The van der Waals surface area contributed by atoms with Crippen molar-refractivity contribution in [3.8, 4) is 28.8 Å². The summed E-state index contributed by atoms with van der Waals surface area (Å²) in [5, 5.41) is 18.6. The van der Waals surface area contributed by atoms with Crippen LogP contribution in [0.2, 0.25) is 0 Å². The van der Waals surface area contributed by atoms with Crippen molar-refractivity contribution in [1.82, 2.24) is 4.98 Å². The summed E-state index contributed by atoms with van der Waals surface area (Å²) in [7, 11) is 1.50. The number of aryl methyl sites for hydroxylation is 1. The van der Waals surface area contributed by atoms with Gasteiger partial charge < -0.3 is 9.84 Å². The number of phenols is 1. The van der Waals surface area contributed by atoms with Gasteiger partial charge in [0.05, 0.1) is 7.11 Å². The summed E-state index contributed by atoms with van der Waals surface area (Å²) in [4.78, 5) is 4.31. The number of phenolic OH excluding ortho intramolecular Hbond substituents is 1. The summed E-state index contributed by atoms with van der Waals surface area (Å²) < 4.78 is 5.13. The van der Waals surface area contributed by atoms with Gasteiger partial charge in [-0.3, -0.25) is 0 Å². The third kappa shape index (κ3) is 2.23. The summed E-state index contributed by atoms with van der Waals surface area (Å²) in [6, 6.07) is 8.97. The second-order valence-electron chi connectivity index (χ2n) is 4.24. The van der Waals surface area contributed by atoms with Crippen molar-refractivity contribution >= 4 is 0 Å². The molecule has 0 unspecified atom stereocenters. The second-order valence-corrected chi connectivity index (χ2v) is 4.24. The third-order valence-corrected chi connectivity index (χ3v) is 3.06. The average Bonchev–Trinajstić information content (AvgIpc) is 2.40. The quantitative estimate of drug-likeness (QED) is 0.894. The number of aromatic nitrogens is 1. The zero-order valence-electron chi connectivity index (χ0n) is 11.1. The molecule has 0 amide bonds. The van der Waals surface area contributed by atoms with Crippen molar-refractivity contribution in [2.75, 3.05) is 7.11 Å². The Morgan fingerprint density at radius 2 is 1.84 bits per heavy atom. The van der Waals surface area contributed by atoms with E-state index in [2.05, 4.69) is 11.1 Å². The van der Waals surface area contributed by atoms with Crippen molar-refractivity contribution in [3.63, 3.8) is 0 Å². The van der Waals surface area contributed by atoms with Gasteiger partial charge in [-0.05, 0) is 37.1 Å². The molecule has 96 valence electrons. The molecule has 0 saturated carbocycles. The molecule has 0 radical (unpaired) electrons. The fraction of sp³-hybridized carbons (Fsp3) is 0.200. The molecule has 0 bridgehead atoms. The molecule has 2 rings (SSSR count). The van der Waals surface area contributed by atoms with E-state index in [1.165, 1.54) is 7.11 Å². The van der Waals surface area contributed by atoms with Crippen LogP contribution < -0.4 is 4.74 Å². The van der Waals surface area contributed by atoms with E-state index >= 15 is 0 Å². The van der Waals surface area contributed by atoms with Gasteiger partial charge >= 0.3 is 0 Å². The Hall–Kier alpha value is -2.54. The highest BCUT2D eigenvalue weighted by atomic mass is 16.5. The fourth-order valence-corrected chi connectivity index (χ4v) is 2.15. The summed E-state index contributed by atoms with van der Waals surface area (Å²) in [6.07, 6.45) is 0. The molecule has 19 heavy (non-hydrogen) atoms. The summed E-state index contributed by atoms with van der Waals surface area (Å²) in [5.74, 6) is 0.557. The third-order valence-electron chi connectivity index (χ3n) is 3.06. The van der Waals surface area contributed by atoms with E-state index in [1.807, 2.05) is 13.8 Å². The van der Waals surface area contributed by atoms with Gasteiger partial charge in [-0.15, -0.1) is 0 Å². The number of rotatable bonds is 2. The SMILES string of the molecule is COc1nc(C)c(-c2ccc(O)cc2)c(C)c1C#N. The molecule has 1 N–H and O–H groups in total. The number of aromatic hydroxyl groups is 1. The highest BCUT2D eigenvalue weighted by Crippen LogP contribution is 2.32. The first-order chi connectivity index (χ1) is 9.08. The van der Waals surface area contributed by atoms with Crippen molar-refractivity contribution in [2.45, 2.75) is 13.8 Å². The fourth-order valence-electron chi connectivity index (χ4n) is 2.15. The van der Waals surface area contributed by atoms with Crippen LogP contribution in [0.25, 0.3) is 11.1 Å². The van der Waals surface area contributed by atoms with Gasteiger partial charge in [0.25, 0.3) is 0 Å². The normalized spacial score (nSPS) is 10.0. The number of hydrogen-bond acceptors (Lipinski definition) is 4. The van der Waals surface area contributed by atoms with Crippen molar-refractivity contribution in [3.05, 3.63) is 41.1 Å². The van der Waals surface area contributed by atoms with E-state index in [0.717, 1.165) is 22.4 Å². The van der Waals surface area contributed by atoms with E-state index in [-0.39, 0.29) is 5.75 Å². The number of methoxy groups -OCH3 is 1. The smallest absolute Gasteiger partial charge is 0.231 e. The Morgan fingerprint density at radius 1 is 1.21 bits per heavy atom. The second kappa shape index (κ2) is 4.99. The Kier molecular flexibility index (Phi) is 3.39. The molecule has 0 aliphatic rings. The van der Waals surface area contributed by atoms with E-state index in [9.17, 15) is 10.4 Å². The predicted octanol–water partition coefficient (Wildman–Crippen LogP) is 2.95. The topological polar surface area (TPSA) is 66.1 Å². The molecular formula is C15H14N2O2. The molecule has 0 spiro atoms. The molecule has 0 aliphatic carbocycles. The lowest BCUT2D eigenvalue weighted by molar-refractivity contribution is 0.395. The molecule has 2 aromatic rings. The maximum atomic E-state index is 9.34. The van der Waals surface area contributed by atoms with Crippen LogP contribution in [0.4, 0.5) is 0 Å². The van der Waals surface area contributed by atoms with Gasteiger partial charge in [0.2, 0.25) is 5.88 Å². The zero-order chi connectivity index (χ0) is 14.0. The van der Waals surface area contributed by atoms with Gasteiger partial charge in [0.1, 0.15) is 17.4 Å². The first-order valence-electron chi connectivity index (χ1n) is 5.83. The van der Waals surface area contributed by atoms with Crippen molar-refractivity contribution < 1.29 is 9.84 Å². The molecule has 0 atom stereocenters. The number of benzene rings is 1. The number of ether oxygens (including phenoxy) is 1. The summed E-state index contributed by atoms with van der Waals surface area (Å²) in [5.41, 5.74) is 3.88. The minimum Gasteiger partial charge on any atom is -0.508 e. The van der Waals surface area contributed by atoms with Crippen molar-refractivity contribution in [1.29, 1.82) is 5.26 Å². The Balaban J connectivity index is 2.71. The molecule has 1 aromatic heterocycles. The molecule has 1 heterocycles. The maximum Gasteiger partial charge on any atom is 0.231 e. The van der Waals surface area contributed by atoms with E-state index in [1.54, 1.807) is 24.3 Å². The minimum atomic E-state index is 0.209. The molecule has 1 aromatic carbocycles. The molecule has 4 nitrogen and oxygen atoms in total. The summed E-state index contributed by atoms with van der Waals surface area (Å²) in [6.45, 7) is 3.75. The van der Waals surface area contributed by atoms with Gasteiger partial charge in [-0.1, -0.05) is 12.1 Å². The summed E-state index contributed by atoms with van der Waals surface area (Å²) >= 11 is 0. The van der Waals surface area contributed by atoms with Gasteiger partial charge in [-0.25, -0.2) is 4.98 Å². The first kappa shape index (κ1) is 12.9. The van der Waals surface area contributed by atoms with Gasteiger partial charge in [0, 0.05) is 11.3 Å². The highest BCUT2D eigenvalue weighted by molar-refractivity contribution is 5.73. The van der Waals surface area contributed by atoms with Crippen LogP contribution in [0, 0.1) is 25.2 Å². The van der Waals surface area contributed by atoms with Crippen LogP contribution in [-0.2, 0) is 0 Å². The van der Waals surface area contributed by atoms with Crippen LogP contribution in [-0.4, -0.2) is 17.2 Å². The van der Waals surface area contributed by atoms with Crippen LogP contribution in [0.1, 0.15) is 16.8 Å². The van der Waals surface area contributed by atoms with Crippen LogP contribution in [0.5, 0.6) is 11.6 Å². The maximum absolute atomic E-state index is 9.34. The Bertz CT molecular complexity index is 655. The Labute approximate surface area is 111 Å². The van der Waals surface area contributed by atoms with Crippen LogP contribution >= 0.6 is 0 Å². The number of nitrogens with zero attached hydrogens (tertiary/aromatic N) is 2. The lowest BCUT2D eigenvalue weighted by Crippen LogP contribution is -2.01. The highest BCUT2D eigenvalue weighted by Gasteiger charge is 2.16. The number of nitriles is 1. The van der Waals surface area contributed by atoms with Crippen LogP contribution in [0.3, 0.4) is 0 Å². The standard InChI is InChI=1S/C15H14N2O2/c1-9-13(8-16)15(19-3)17-10(2)14(9)11-4-6-12(18)7-5-11/h4-7,18H,1-3H3. The largest absolute Gasteiger partial charge is 0.508 e. The lowest BCUT2D eigenvalue weighted by atomic mass is 9.96. The average molecular weight is 254 g/mol. The minimum absolute atomic E-state index is 0.209. The zero-order valence-corrected chi connectivity index (χ0v) is 11.1. The molecule has 0 saturated heterocycles. The van der Waals surface area contributed by atoms with Gasteiger partial charge in [0.15, 0.2) is 0 Å². The molecule has 0 fully saturated rings. The van der Waals surface area contributed by atoms with E-state index < -0.39 is 0 Å². The van der Waals surface area contributed by atoms with E-state index in [4.69, 9.17) is 4.74 Å². The first-order valence-corrected chi connectivity index (χ1v) is 5.83. The molecule has 0 aliphatic heterocycles. The Morgan fingerprint density at radius 3 is 2.37 bits per heavy atom. The van der Waals surface area contributed by atoms with E-state index in [0.29, 0.717) is 11.4 Å². The predicted molar refractivity (Wildman–Crippen MR) is 72.1 cm³/mol. The monoisotopic (exact) mass is 254 g/mol. The number of hydrogen-bond donors (Lipinski definition) is 1. The van der Waals surface area contributed by atoms with Crippen LogP contribution in [0.15, 0.2) is 24.3 Å². The van der Waals surface area contributed by atoms with Crippen molar-refractivity contribution in [2.24, 2.45) is 0 Å². The molecular weight excluding hydrogens is 240 g/mol. The lowest BCUT2D eigenvalue weighted by Gasteiger charge is -2.13. The molecule has 4 heteroatoms. The number of pyridine rings is 1.